The summed E-state index contributed by atoms with van der Waals surface area (Å²) in [5.74, 6) is 1.62. The number of benzene rings is 1. The molecule has 1 aliphatic heterocycles. The van der Waals surface area contributed by atoms with Gasteiger partial charge in [-0.2, -0.15) is 9.78 Å². The molecule has 0 aliphatic carbocycles. The van der Waals surface area contributed by atoms with Gasteiger partial charge in [-0.15, -0.1) is 10.2 Å². The number of aromatic nitrogens is 5. The molecule has 8 nitrogen and oxygen atoms in total. The Labute approximate surface area is 189 Å². The molecule has 1 aromatic carbocycles. The highest BCUT2D eigenvalue weighted by Crippen LogP contribution is 2.40. The molecule has 1 amide bonds. The normalized spacial score (nSPS) is 15.2. The van der Waals surface area contributed by atoms with E-state index in [4.69, 9.17) is 16.3 Å². The summed E-state index contributed by atoms with van der Waals surface area (Å²) in [4.78, 5) is 16.8. The van der Waals surface area contributed by atoms with Crippen molar-refractivity contribution in [2.24, 2.45) is 0 Å². The lowest BCUT2D eigenvalue weighted by atomic mass is 9.86. The second-order valence-corrected chi connectivity index (χ2v) is 7.84. The van der Waals surface area contributed by atoms with Crippen LogP contribution in [0.4, 0.5) is 5.82 Å². The molecular formula is C23H19ClN6O2. The van der Waals surface area contributed by atoms with Gasteiger partial charge in [-0.1, -0.05) is 29.8 Å². The molecular weight excluding hydrogens is 428 g/mol. The molecule has 0 saturated carbocycles. The fraction of sp³-hybridized carbons (Fsp3) is 0.174. The van der Waals surface area contributed by atoms with Crippen molar-refractivity contribution in [3.05, 3.63) is 88.5 Å². The number of nitrogens with zero attached hydrogens (tertiary/aromatic N) is 5. The van der Waals surface area contributed by atoms with Gasteiger partial charge in [0.1, 0.15) is 18.2 Å². The molecule has 160 valence electrons. The largest absolute Gasteiger partial charge is 0.487 e. The maximum absolute atomic E-state index is 12.5. The van der Waals surface area contributed by atoms with Crippen LogP contribution in [0.2, 0.25) is 5.15 Å². The Hall–Kier alpha value is -3.78. The summed E-state index contributed by atoms with van der Waals surface area (Å²) in [5, 5.41) is 15.8. The van der Waals surface area contributed by atoms with E-state index >= 15 is 0 Å². The summed E-state index contributed by atoms with van der Waals surface area (Å²) in [6, 6.07) is 16.9. The Kier molecular flexibility index (Phi) is 5.28. The summed E-state index contributed by atoms with van der Waals surface area (Å²) >= 11 is 5.86. The van der Waals surface area contributed by atoms with Crippen molar-refractivity contribution in [3.63, 3.8) is 0 Å². The van der Waals surface area contributed by atoms with Crippen molar-refractivity contribution in [1.82, 2.24) is 25.0 Å². The molecule has 1 N–H and O–H groups in total. The van der Waals surface area contributed by atoms with Crippen LogP contribution < -0.4 is 10.1 Å². The van der Waals surface area contributed by atoms with E-state index in [0.29, 0.717) is 29.8 Å². The average Bonchev–Trinajstić information content (AvgIpc) is 3.15. The highest BCUT2D eigenvalue weighted by Gasteiger charge is 2.33. The van der Waals surface area contributed by atoms with Crippen LogP contribution in [0.1, 0.15) is 34.9 Å². The number of hydrogen-bond acceptors (Lipinski definition) is 6. The molecule has 3 aromatic heterocycles. The number of halogens is 1. The van der Waals surface area contributed by atoms with E-state index in [1.165, 1.54) is 0 Å². The van der Waals surface area contributed by atoms with Crippen LogP contribution in [-0.2, 0) is 11.4 Å². The lowest BCUT2D eigenvalue weighted by Gasteiger charge is -2.24. The predicted molar refractivity (Wildman–Crippen MR) is 119 cm³/mol. The van der Waals surface area contributed by atoms with Gasteiger partial charge in [0.15, 0.2) is 11.0 Å². The Morgan fingerprint density at radius 2 is 1.97 bits per heavy atom. The number of amides is 1. The van der Waals surface area contributed by atoms with Crippen molar-refractivity contribution in [3.8, 4) is 11.6 Å². The Morgan fingerprint density at radius 3 is 2.69 bits per heavy atom. The number of nitrogens with one attached hydrogen (secondary N) is 1. The number of pyridine rings is 1. The van der Waals surface area contributed by atoms with E-state index in [2.05, 4.69) is 25.6 Å². The molecule has 0 fully saturated rings. The third kappa shape index (κ3) is 3.92. The molecule has 9 heteroatoms. The standard InChI is InChI=1S/C23H19ClN6O2/c1-14-22-18(15-5-7-17(8-6-15)32-13-16-4-2-3-11-25-16)12-21(31)26-23(22)30(29-14)20-10-9-19(24)27-28-20/h2-11,18H,12-13H2,1H3,(H,26,31)/t18-/m0/s1. The molecule has 0 unspecified atom stereocenters. The third-order valence-electron chi connectivity index (χ3n) is 5.33. The minimum atomic E-state index is -0.127. The van der Waals surface area contributed by atoms with Crippen molar-refractivity contribution in [2.45, 2.75) is 25.9 Å². The first-order valence-corrected chi connectivity index (χ1v) is 10.5. The van der Waals surface area contributed by atoms with Gasteiger partial charge in [0, 0.05) is 24.1 Å². The number of ether oxygens (including phenoxy) is 1. The summed E-state index contributed by atoms with van der Waals surface area (Å²) in [6.45, 7) is 2.32. The van der Waals surface area contributed by atoms with Crippen LogP contribution in [0.5, 0.6) is 5.75 Å². The lowest BCUT2D eigenvalue weighted by molar-refractivity contribution is -0.116. The Bertz CT molecular complexity index is 1260. The number of rotatable bonds is 5. The second-order valence-electron chi connectivity index (χ2n) is 7.46. The SMILES string of the molecule is Cc1nn(-c2ccc(Cl)nn2)c2c1[C@H](c1ccc(OCc3ccccn3)cc1)CC(=O)N2. The molecule has 5 rings (SSSR count). The van der Waals surface area contributed by atoms with Crippen LogP contribution in [-0.4, -0.2) is 30.9 Å². The van der Waals surface area contributed by atoms with Crippen molar-refractivity contribution < 1.29 is 9.53 Å². The van der Waals surface area contributed by atoms with Crippen LogP contribution >= 0.6 is 11.6 Å². The molecule has 1 atom stereocenters. The van der Waals surface area contributed by atoms with Gasteiger partial charge in [-0.05, 0) is 48.9 Å². The van der Waals surface area contributed by atoms with Crippen LogP contribution in [0.15, 0.2) is 60.8 Å². The zero-order chi connectivity index (χ0) is 22.1. The van der Waals surface area contributed by atoms with Gasteiger partial charge < -0.3 is 10.1 Å². The molecule has 0 bridgehead atoms. The van der Waals surface area contributed by atoms with Gasteiger partial charge in [-0.25, -0.2) is 0 Å². The van der Waals surface area contributed by atoms with E-state index in [1.807, 2.05) is 49.4 Å². The van der Waals surface area contributed by atoms with Crippen molar-refractivity contribution in [2.75, 3.05) is 5.32 Å². The van der Waals surface area contributed by atoms with Crippen molar-refractivity contribution >= 4 is 23.3 Å². The number of carbonyl (C=O) groups is 1. The number of aryl methyl sites for hydroxylation is 1. The molecule has 0 saturated heterocycles. The smallest absolute Gasteiger partial charge is 0.226 e. The quantitative estimate of drug-likeness (QED) is 0.496. The average molecular weight is 447 g/mol. The molecule has 4 heterocycles. The van der Waals surface area contributed by atoms with Gasteiger partial charge >= 0.3 is 0 Å². The van der Waals surface area contributed by atoms with E-state index in [1.54, 1.807) is 23.0 Å². The lowest BCUT2D eigenvalue weighted by Crippen LogP contribution is -2.25. The van der Waals surface area contributed by atoms with Crippen LogP contribution in [0.25, 0.3) is 5.82 Å². The zero-order valence-electron chi connectivity index (χ0n) is 17.2. The van der Waals surface area contributed by atoms with Crippen LogP contribution in [0, 0.1) is 6.92 Å². The second kappa shape index (κ2) is 8.39. The monoisotopic (exact) mass is 446 g/mol. The summed E-state index contributed by atoms with van der Waals surface area (Å²) in [5.41, 5.74) is 3.65. The topological polar surface area (TPSA) is 94.8 Å². The van der Waals surface area contributed by atoms with Gasteiger partial charge in [-0.3, -0.25) is 9.78 Å². The van der Waals surface area contributed by atoms with E-state index in [0.717, 1.165) is 28.3 Å². The first kappa shape index (κ1) is 20.1. The Balaban J connectivity index is 1.43. The van der Waals surface area contributed by atoms with Crippen LogP contribution in [0.3, 0.4) is 0 Å². The van der Waals surface area contributed by atoms with Gasteiger partial charge in [0.05, 0.1) is 11.4 Å². The maximum atomic E-state index is 12.5. The van der Waals surface area contributed by atoms with Gasteiger partial charge in [0.25, 0.3) is 0 Å². The fourth-order valence-corrected chi connectivity index (χ4v) is 3.96. The maximum Gasteiger partial charge on any atom is 0.226 e. The number of hydrogen-bond donors (Lipinski definition) is 1. The molecule has 32 heavy (non-hydrogen) atoms. The zero-order valence-corrected chi connectivity index (χ0v) is 18.0. The van der Waals surface area contributed by atoms with E-state index in [-0.39, 0.29) is 11.8 Å². The van der Waals surface area contributed by atoms with Gasteiger partial charge in [0.2, 0.25) is 5.91 Å². The fourth-order valence-electron chi connectivity index (χ4n) is 3.86. The predicted octanol–water partition coefficient (Wildman–Crippen LogP) is 4.07. The first-order valence-electron chi connectivity index (χ1n) is 10.1. The minimum absolute atomic E-state index is 0.0824. The summed E-state index contributed by atoms with van der Waals surface area (Å²) in [6.07, 6.45) is 2.07. The Morgan fingerprint density at radius 1 is 1.12 bits per heavy atom. The highest BCUT2D eigenvalue weighted by molar-refractivity contribution is 6.29. The molecule has 0 radical (unpaired) electrons. The van der Waals surface area contributed by atoms with Crippen molar-refractivity contribution in [1.29, 1.82) is 0 Å². The highest BCUT2D eigenvalue weighted by atomic mass is 35.5. The summed E-state index contributed by atoms with van der Waals surface area (Å²) < 4.78 is 7.44. The number of fused-ring (bicyclic) bond motifs is 1. The van der Waals surface area contributed by atoms with E-state index in [9.17, 15) is 4.79 Å². The van der Waals surface area contributed by atoms with E-state index < -0.39 is 0 Å². The molecule has 1 aliphatic rings. The first-order chi connectivity index (χ1) is 15.6. The summed E-state index contributed by atoms with van der Waals surface area (Å²) in [7, 11) is 0. The molecule has 0 spiro atoms. The molecule has 4 aromatic rings. The third-order valence-corrected chi connectivity index (χ3v) is 5.53. The number of carbonyl (C=O) groups excluding carboxylic acids is 1. The minimum Gasteiger partial charge on any atom is -0.487 e. The number of anilines is 1.